The zero-order valence-corrected chi connectivity index (χ0v) is 9.93. The van der Waals surface area contributed by atoms with E-state index < -0.39 is 6.09 Å². The number of rotatable bonds is 2. The average Bonchev–Trinajstić information content (AvgIpc) is 2.90. The predicted molar refractivity (Wildman–Crippen MR) is 67.3 cm³/mol. The Morgan fingerprint density at radius 1 is 1.16 bits per heavy atom. The van der Waals surface area contributed by atoms with Gasteiger partial charge in [0.1, 0.15) is 12.1 Å². The summed E-state index contributed by atoms with van der Waals surface area (Å²) in [4.78, 5) is 15.9. The third-order valence-corrected chi connectivity index (χ3v) is 2.59. The van der Waals surface area contributed by atoms with Gasteiger partial charge in [0, 0.05) is 6.20 Å². The van der Waals surface area contributed by atoms with E-state index in [1.807, 2.05) is 30.3 Å². The maximum Gasteiger partial charge on any atom is 0.438 e. The minimum Gasteiger partial charge on any atom is -0.443 e. The lowest BCUT2D eigenvalue weighted by atomic mass is 10.2. The molecule has 19 heavy (non-hydrogen) atoms. The number of nitrogens with zero attached hydrogens (tertiary/aromatic N) is 4. The summed E-state index contributed by atoms with van der Waals surface area (Å²) in [5, 5.41) is 7.58. The number of fused-ring (bicyclic) bond motifs is 1. The van der Waals surface area contributed by atoms with Crippen LogP contribution in [0.4, 0.5) is 4.79 Å². The van der Waals surface area contributed by atoms with Gasteiger partial charge in [0.05, 0.1) is 0 Å². The lowest BCUT2D eigenvalue weighted by molar-refractivity contribution is 0.138. The summed E-state index contributed by atoms with van der Waals surface area (Å²) in [6, 6.07) is 12.9. The zero-order valence-electron chi connectivity index (χ0n) is 9.93. The minimum absolute atomic E-state index is 0.188. The molecule has 0 fully saturated rings. The van der Waals surface area contributed by atoms with Crippen molar-refractivity contribution in [2.75, 3.05) is 0 Å². The van der Waals surface area contributed by atoms with Crippen molar-refractivity contribution in [3.63, 3.8) is 0 Å². The van der Waals surface area contributed by atoms with Gasteiger partial charge in [0.15, 0.2) is 5.65 Å². The van der Waals surface area contributed by atoms with Crippen molar-refractivity contribution in [2.45, 2.75) is 6.61 Å². The molecule has 0 N–H and O–H groups in total. The van der Waals surface area contributed by atoms with Crippen LogP contribution in [0, 0.1) is 0 Å². The minimum atomic E-state index is -0.593. The Labute approximate surface area is 108 Å². The van der Waals surface area contributed by atoms with E-state index in [9.17, 15) is 4.79 Å². The third-order valence-electron chi connectivity index (χ3n) is 2.59. The normalized spacial score (nSPS) is 10.5. The molecule has 0 spiro atoms. The van der Waals surface area contributed by atoms with Crippen molar-refractivity contribution >= 4 is 17.3 Å². The van der Waals surface area contributed by atoms with Gasteiger partial charge in [0.2, 0.25) is 0 Å². The molecule has 0 bridgehead atoms. The molecule has 0 atom stereocenters. The summed E-state index contributed by atoms with van der Waals surface area (Å²) in [5.41, 5.74) is 1.85. The van der Waals surface area contributed by atoms with Gasteiger partial charge in [0.25, 0.3) is 0 Å². The van der Waals surface area contributed by atoms with E-state index in [1.165, 1.54) is 0 Å². The highest BCUT2D eigenvalue weighted by Gasteiger charge is 2.13. The van der Waals surface area contributed by atoms with Gasteiger partial charge in [-0.05, 0) is 17.7 Å². The maximum absolute atomic E-state index is 11.9. The molecule has 0 amide bonds. The summed E-state index contributed by atoms with van der Waals surface area (Å²) < 4.78 is 6.22. The SMILES string of the molecule is O=C(OCc1ccccc1)n1nnc2cccnc21. The topological polar surface area (TPSA) is 69.9 Å². The second-order valence-corrected chi connectivity index (χ2v) is 3.89. The Morgan fingerprint density at radius 2 is 2.00 bits per heavy atom. The maximum atomic E-state index is 11.9. The molecule has 0 aliphatic heterocycles. The predicted octanol–water partition coefficient (Wildman–Crippen LogP) is 2.01. The molecule has 0 saturated heterocycles. The number of benzene rings is 1. The van der Waals surface area contributed by atoms with Crippen LogP contribution in [-0.4, -0.2) is 26.1 Å². The molecule has 0 radical (unpaired) electrons. The van der Waals surface area contributed by atoms with Gasteiger partial charge in [-0.2, -0.15) is 0 Å². The Morgan fingerprint density at radius 3 is 2.84 bits per heavy atom. The van der Waals surface area contributed by atoms with Gasteiger partial charge in [-0.3, -0.25) is 0 Å². The first-order valence-corrected chi connectivity index (χ1v) is 5.72. The van der Waals surface area contributed by atoms with E-state index >= 15 is 0 Å². The van der Waals surface area contributed by atoms with Crippen LogP contribution in [0.3, 0.4) is 0 Å². The summed E-state index contributed by atoms with van der Waals surface area (Å²) in [5.74, 6) is 0. The lowest BCUT2D eigenvalue weighted by Gasteiger charge is -2.03. The zero-order chi connectivity index (χ0) is 13.1. The Hall–Kier alpha value is -2.76. The molecule has 6 heteroatoms. The first-order chi connectivity index (χ1) is 9.34. The number of carbonyl (C=O) groups is 1. The number of pyridine rings is 1. The molecule has 94 valence electrons. The Balaban J connectivity index is 1.77. The van der Waals surface area contributed by atoms with Crippen LogP contribution in [0.15, 0.2) is 48.7 Å². The van der Waals surface area contributed by atoms with E-state index in [0.29, 0.717) is 11.2 Å². The molecule has 0 saturated carbocycles. The standard InChI is InChI=1S/C13H10N4O2/c18-13(19-9-10-5-2-1-3-6-10)17-12-11(15-16-17)7-4-8-14-12/h1-8H,9H2. The van der Waals surface area contributed by atoms with Gasteiger partial charge in [-0.15, -0.1) is 9.78 Å². The monoisotopic (exact) mass is 254 g/mol. The number of ether oxygens (including phenoxy) is 1. The van der Waals surface area contributed by atoms with E-state index in [-0.39, 0.29) is 6.61 Å². The molecule has 2 heterocycles. The first-order valence-electron chi connectivity index (χ1n) is 5.72. The van der Waals surface area contributed by atoms with Crippen LogP contribution in [-0.2, 0) is 11.3 Å². The molecule has 3 aromatic rings. The van der Waals surface area contributed by atoms with Crippen LogP contribution in [0.1, 0.15) is 5.56 Å². The fraction of sp³-hybridized carbons (Fsp3) is 0.0769. The lowest BCUT2D eigenvalue weighted by Crippen LogP contribution is -2.15. The molecule has 1 aromatic carbocycles. The van der Waals surface area contributed by atoms with E-state index in [1.54, 1.807) is 18.3 Å². The summed E-state index contributed by atoms with van der Waals surface area (Å²) in [6.45, 7) is 0.188. The quantitative estimate of drug-likeness (QED) is 0.699. The van der Waals surface area contributed by atoms with Crippen LogP contribution in [0.25, 0.3) is 11.2 Å². The van der Waals surface area contributed by atoms with Crippen molar-refractivity contribution in [1.82, 2.24) is 20.0 Å². The summed E-state index contributed by atoms with van der Waals surface area (Å²) >= 11 is 0. The molecule has 3 rings (SSSR count). The highest BCUT2D eigenvalue weighted by atomic mass is 16.6. The number of aromatic nitrogens is 4. The fourth-order valence-corrected chi connectivity index (χ4v) is 1.67. The van der Waals surface area contributed by atoms with Crippen molar-refractivity contribution < 1.29 is 9.53 Å². The number of hydrogen-bond donors (Lipinski definition) is 0. The van der Waals surface area contributed by atoms with Gasteiger partial charge in [-0.1, -0.05) is 35.5 Å². The molecule has 0 aliphatic rings. The second-order valence-electron chi connectivity index (χ2n) is 3.89. The third kappa shape index (κ3) is 2.28. The van der Waals surface area contributed by atoms with Crippen molar-refractivity contribution in [2.24, 2.45) is 0 Å². The fourth-order valence-electron chi connectivity index (χ4n) is 1.67. The molecule has 0 aliphatic carbocycles. The first kappa shape index (κ1) is 11.3. The van der Waals surface area contributed by atoms with Crippen LogP contribution < -0.4 is 0 Å². The highest BCUT2D eigenvalue weighted by molar-refractivity contribution is 5.81. The van der Waals surface area contributed by atoms with Gasteiger partial charge < -0.3 is 4.74 Å². The Bertz CT molecular complexity index is 709. The Kier molecular flexibility index (Phi) is 2.89. The second kappa shape index (κ2) is 4.85. The largest absolute Gasteiger partial charge is 0.443 e. The van der Waals surface area contributed by atoms with Crippen molar-refractivity contribution in [3.8, 4) is 0 Å². The molecular weight excluding hydrogens is 244 g/mol. The molecular formula is C13H10N4O2. The summed E-state index contributed by atoms with van der Waals surface area (Å²) in [7, 11) is 0. The number of carbonyl (C=O) groups excluding carboxylic acids is 1. The van der Waals surface area contributed by atoms with E-state index in [2.05, 4.69) is 15.3 Å². The van der Waals surface area contributed by atoms with Crippen molar-refractivity contribution in [3.05, 3.63) is 54.2 Å². The molecule has 0 unspecified atom stereocenters. The number of hydrogen-bond acceptors (Lipinski definition) is 5. The average molecular weight is 254 g/mol. The van der Waals surface area contributed by atoms with Crippen molar-refractivity contribution in [1.29, 1.82) is 0 Å². The van der Waals surface area contributed by atoms with E-state index in [0.717, 1.165) is 10.2 Å². The van der Waals surface area contributed by atoms with Gasteiger partial charge in [-0.25, -0.2) is 9.78 Å². The van der Waals surface area contributed by atoms with E-state index in [4.69, 9.17) is 4.74 Å². The molecule has 6 nitrogen and oxygen atoms in total. The molecule has 2 aromatic heterocycles. The highest BCUT2D eigenvalue weighted by Crippen LogP contribution is 2.08. The van der Waals surface area contributed by atoms with Gasteiger partial charge >= 0.3 is 6.09 Å². The van der Waals surface area contributed by atoms with Crippen LogP contribution >= 0.6 is 0 Å². The van der Waals surface area contributed by atoms with Crippen LogP contribution in [0.2, 0.25) is 0 Å². The van der Waals surface area contributed by atoms with Crippen LogP contribution in [0.5, 0.6) is 0 Å². The summed E-state index contributed by atoms with van der Waals surface area (Å²) in [6.07, 6.45) is 0.984. The smallest absolute Gasteiger partial charge is 0.438 e.